The van der Waals surface area contributed by atoms with Crippen molar-refractivity contribution in [2.24, 2.45) is 0 Å². The van der Waals surface area contributed by atoms with Crippen molar-refractivity contribution >= 4 is 23.4 Å². The molecule has 1 aromatic carbocycles. The molecule has 2 heterocycles. The van der Waals surface area contributed by atoms with Gasteiger partial charge in [-0.2, -0.15) is 0 Å². The molecular formula is C22H28N2O5S. The maximum atomic E-state index is 13.2. The number of carbonyl (C=O) groups excluding carboxylic acids is 2. The van der Waals surface area contributed by atoms with Crippen molar-refractivity contribution in [3.63, 3.8) is 0 Å². The number of rotatable bonds is 4. The van der Waals surface area contributed by atoms with E-state index in [2.05, 4.69) is 4.98 Å². The minimum absolute atomic E-state index is 0.220. The summed E-state index contributed by atoms with van der Waals surface area (Å²) in [5.41, 5.74) is -0.475. The highest BCUT2D eigenvalue weighted by Crippen LogP contribution is 2.50. The second kappa shape index (κ2) is 8.35. The van der Waals surface area contributed by atoms with Gasteiger partial charge in [-0.3, -0.25) is 4.90 Å². The third kappa shape index (κ3) is 4.65. The number of nitrogens with zero attached hydrogens (tertiary/aromatic N) is 2. The van der Waals surface area contributed by atoms with Gasteiger partial charge in [0, 0.05) is 5.38 Å². The minimum Gasteiger partial charge on any atom is -0.461 e. The van der Waals surface area contributed by atoms with E-state index >= 15 is 0 Å². The van der Waals surface area contributed by atoms with E-state index in [0.29, 0.717) is 5.01 Å². The fourth-order valence-electron chi connectivity index (χ4n) is 3.40. The molecule has 1 aliphatic heterocycles. The molecule has 0 spiro atoms. The molecule has 0 saturated carbocycles. The van der Waals surface area contributed by atoms with Gasteiger partial charge in [-0.25, -0.2) is 14.6 Å². The third-order valence-corrected chi connectivity index (χ3v) is 5.45. The summed E-state index contributed by atoms with van der Waals surface area (Å²) in [5.74, 6) is -0.488. The molecule has 162 valence electrons. The van der Waals surface area contributed by atoms with Gasteiger partial charge >= 0.3 is 12.1 Å². The minimum atomic E-state index is -0.941. The molecule has 0 bridgehead atoms. The van der Waals surface area contributed by atoms with Crippen molar-refractivity contribution in [3.8, 4) is 0 Å². The highest BCUT2D eigenvalue weighted by molar-refractivity contribution is 7.09. The number of ether oxygens (including phenoxy) is 3. The standard InChI is InChI=1S/C22H28N2O5S/c1-7-27-19(25)15-13-30-18(23-15)16-17(14-11-9-8-10-12-14)28-22(5,6)24(16)20(26)29-21(2,3)4/h8-13,16-17H,7H2,1-6H3. The summed E-state index contributed by atoms with van der Waals surface area (Å²) in [6.45, 7) is 11.1. The molecule has 1 saturated heterocycles. The van der Waals surface area contributed by atoms with Gasteiger partial charge in [-0.15, -0.1) is 11.3 Å². The van der Waals surface area contributed by atoms with Crippen molar-refractivity contribution in [2.75, 3.05) is 6.61 Å². The summed E-state index contributed by atoms with van der Waals surface area (Å²) in [6, 6.07) is 9.12. The van der Waals surface area contributed by atoms with Gasteiger partial charge in [0.2, 0.25) is 0 Å². The number of carbonyl (C=O) groups is 2. The van der Waals surface area contributed by atoms with Crippen LogP contribution in [0.5, 0.6) is 0 Å². The van der Waals surface area contributed by atoms with E-state index in [0.717, 1.165) is 5.56 Å². The number of benzene rings is 1. The summed E-state index contributed by atoms with van der Waals surface area (Å²) >= 11 is 1.30. The van der Waals surface area contributed by atoms with Crippen molar-refractivity contribution in [3.05, 3.63) is 52.0 Å². The Morgan fingerprint density at radius 1 is 1.23 bits per heavy atom. The zero-order valence-corrected chi connectivity index (χ0v) is 19.0. The summed E-state index contributed by atoms with van der Waals surface area (Å²) in [7, 11) is 0. The monoisotopic (exact) mass is 432 g/mol. The second-order valence-corrected chi connectivity index (χ2v) is 9.37. The van der Waals surface area contributed by atoms with Gasteiger partial charge in [-0.05, 0) is 47.1 Å². The first kappa shape index (κ1) is 22.2. The van der Waals surface area contributed by atoms with Crippen LogP contribution in [0.4, 0.5) is 4.79 Å². The molecule has 2 atom stereocenters. The number of thiazole rings is 1. The van der Waals surface area contributed by atoms with Gasteiger partial charge in [0.25, 0.3) is 0 Å². The molecule has 0 N–H and O–H groups in total. The lowest BCUT2D eigenvalue weighted by atomic mass is 10.0. The zero-order valence-electron chi connectivity index (χ0n) is 18.2. The van der Waals surface area contributed by atoms with Crippen molar-refractivity contribution in [1.29, 1.82) is 0 Å². The number of amides is 1. The quantitative estimate of drug-likeness (QED) is 0.625. The van der Waals surface area contributed by atoms with E-state index < -0.39 is 35.5 Å². The Labute approximate surface area is 181 Å². The predicted octanol–water partition coefficient (Wildman–Crippen LogP) is 5.11. The SMILES string of the molecule is CCOC(=O)c1csc(C2C(c3ccccc3)OC(C)(C)N2C(=O)OC(C)(C)C)n1. The molecule has 2 aromatic rings. The lowest BCUT2D eigenvalue weighted by Crippen LogP contribution is -2.47. The maximum Gasteiger partial charge on any atom is 0.413 e. The van der Waals surface area contributed by atoms with Crippen LogP contribution in [0.3, 0.4) is 0 Å². The summed E-state index contributed by atoms with van der Waals surface area (Å²) in [6.07, 6.45) is -0.960. The van der Waals surface area contributed by atoms with E-state index in [1.165, 1.54) is 11.3 Å². The number of hydrogen-bond acceptors (Lipinski definition) is 7. The second-order valence-electron chi connectivity index (χ2n) is 8.48. The van der Waals surface area contributed by atoms with Crippen molar-refractivity contribution < 1.29 is 23.8 Å². The molecule has 0 aliphatic carbocycles. The molecule has 30 heavy (non-hydrogen) atoms. The average molecular weight is 433 g/mol. The molecule has 1 aromatic heterocycles. The van der Waals surface area contributed by atoms with Crippen molar-refractivity contribution in [1.82, 2.24) is 9.88 Å². The first-order chi connectivity index (χ1) is 14.0. The van der Waals surface area contributed by atoms with Crippen LogP contribution in [0.25, 0.3) is 0 Å². The Bertz CT molecular complexity index is 904. The molecule has 8 heteroatoms. The third-order valence-electron chi connectivity index (χ3n) is 4.54. The zero-order chi connectivity index (χ0) is 22.1. The number of hydrogen-bond donors (Lipinski definition) is 0. The van der Waals surface area contributed by atoms with E-state index in [4.69, 9.17) is 14.2 Å². The molecule has 7 nitrogen and oxygen atoms in total. The topological polar surface area (TPSA) is 78.0 Å². The van der Waals surface area contributed by atoms with Crippen LogP contribution in [-0.4, -0.2) is 39.9 Å². The molecule has 1 amide bonds. The summed E-state index contributed by atoms with van der Waals surface area (Å²) < 4.78 is 17.1. The van der Waals surface area contributed by atoms with Crippen molar-refractivity contribution in [2.45, 2.75) is 65.0 Å². The van der Waals surface area contributed by atoms with Gasteiger partial charge in [0.1, 0.15) is 28.5 Å². The highest BCUT2D eigenvalue weighted by Gasteiger charge is 2.53. The molecule has 0 radical (unpaired) electrons. The smallest absolute Gasteiger partial charge is 0.413 e. The van der Waals surface area contributed by atoms with E-state index in [9.17, 15) is 9.59 Å². The van der Waals surface area contributed by atoms with Crippen LogP contribution in [0.1, 0.15) is 74.7 Å². The van der Waals surface area contributed by atoms with E-state index in [1.54, 1.807) is 17.2 Å². The normalized spacial score (nSPS) is 20.8. The first-order valence-corrected chi connectivity index (χ1v) is 10.8. The Kier molecular flexibility index (Phi) is 6.19. The molecule has 1 aliphatic rings. The largest absolute Gasteiger partial charge is 0.461 e. The number of esters is 1. The van der Waals surface area contributed by atoms with Gasteiger partial charge in [-0.1, -0.05) is 30.3 Å². The van der Waals surface area contributed by atoms with E-state index in [1.807, 2.05) is 65.0 Å². The van der Waals surface area contributed by atoms with Crippen LogP contribution in [-0.2, 0) is 14.2 Å². The van der Waals surface area contributed by atoms with Gasteiger partial charge < -0.3 is 14.2 Å². The van der Waals surface area contributed by atoms with E-state index in [-0.39, 0.29) is 12.3 Å². The van der Waals surface area contributed by atoms with Gasteiger partial charge in [0.05, 0.1) is 6.61 Å². The Morgan fingerprint density at radius 2 is 1.90 bits per heavy atom. The molecule has 2 unspecified atom stereocenters. The maximum absolute atomic E-state index is 13.2. The summed E-state index contributed by atoms with van der Waals surface area (Å²) in [4.78, 5) is 31.4. The molecule has 1 fully saturated rings. The Hall–Kier alpha value is -2.45. The average Bonchev–Trinajstić information content (AvgIpc) is 3.23. The van der Waals surface area contributed by atoms with Crippen LogP contribution in [0.15, 0.2) is 35.7 Å². The lowest BCUT2D eigenvalue weighted by molar-refractivity contribution is -0.0796. The Balaban J connectivity index is 2.05. The fourth-order valence-corrected chi connectivity index (χ4v) is 4.30. The fraction of sp³-hybridized carbons (Fsp3) is 0.500. The molecule has 3 rings (SSSR count). The van der Waals surface area contributed by atoms with Crippen LogP contribution >= 0.6 is 11.3 Å². The van der Waals surface area contributed by atoms with Crippen LogP contribution in [0.2, 0.25) is 0 Å². The summed E-state index contributed by atoms with van der Waals surface area (Å²) in [5, 5.41) is 2.23. The van der Waals surface area contributed by atoms with Crippen LogP contribution in [0, 0.1) is 0 Å². The first-order valence-electron chi connectivity index (χ1n) is 9.91. The lowest BCUT2D eigenvalue weighted by Gasteiger charge is -2.34. The van der Waals surface area contributed by atoms with Crippen LogP contribution < -0.4 is 0 Å². The molecular weight excluding hydrogens is 404 g/mol. The predicted molar refractivity (Wildman–Crippen MR) is 113 cm³/mol. The van der Waals surface area contributed by atoms with Gasteiger partial charge in [0.15, 0.2) is 5.69 Å². The highest BCUT2D eigenvalue weighted by atomic mass is 32.1. The number of aromatic nitrogens is 1. The Morgan fingerprint density at radius 3 is 2.50 bits per heavy atom.